The Morgan fingerprint density at radius 3 is 2.35 bits per heavy atom. The van der Waals surface area contributed by atoms with Gasteiger partial charge in [0.1, 0.15) is 11.4 Å². The zero-order valence-electron chi connectivity index (χ0n) is 10.1. The molecule has 1 aromatic carbocycles. The van der Waals surface area contributed by atoms with E-state index in [1.165, 1.54) is 0 Å². The molecule has 1 heterocycles. The van der Waals surface area contributed by atoms with Crippen LogP contribution in [-0.4, -0.2) is 17.3 Å². The maximum atomic E-state index is 11.9. The van der Waals surface area contributed by atoms with Crippen molar-refractivity contribution in [1.29, 1.82) is 0 Å². The van der Waals surface area contributed by atoms with Crippen molar-refractivity contribution in [2.75, 3.05) is 0 Å². The number of hydrogen-bond donors (Lipinski definition) is 1. The first kappa shape index (κ1) is 12.1. The molecule has 4 heteroatoms. The van der Waals surface area contributed by atoms with Gasteiger partial charge in [-0.25, -0.2) is 0 Å². The molecule has 90 valence electrons. The number of carbonyl (C=O) groups is 1. The summed E-state index contributed by atoms with van der Waals surface area (Å²) in [6.45, 7) is 5.84. The van der Waals surface area contributed by atoms with Crippen molar-refractivity contribution in [2.24, 2.45) is 10.9 Å². The SMILES string of the molecule is CC(C)C1(C)N=C(c2ccc(Cl)cc2)NC1=O. The van der Waals surface area contributed by atoms with E-state index in [1.54, 1.807) is 12.1 Å². The highest BCUT2D eigenvalue weighted by Gasteiger charge is 2.41. The number of rotatable bonds is 2. The predicted molar refractivity (Wildman–Crippen MR) is 69.4 cm³/mol. The molecule has 0 saturated carbocycles. The molecule has 0 aliphatic carbocycles. The van der Waals surface area contributed by atoms with E-state index in [0.717, 1.165) is 5.56 Å². The minimum absolute atomic E-state index is 0.0440. The van der Waals surface area contributed by atoms with E-state index >= 15 is 0 Å². The number of aliphatic imine (C=N–C) groups is 1. The van der Waals surface area contributed by atoms with Crippen LogP contribution in [0.4, 0.5) is 0 Å². The Labute approximate surface area is 106 Å². The second-order valence-corrected chi connectivity index (χ2v) is 5.16. The first-order valence-corrected chi connectivity index (χ1v) is 5.98. The normalized spacial score (nSPS) is 23.8. The Balaban J connectivity index is 2.36. The molecule has 1 aromatic rings. The van der Waals surface area contributed by atoms with Crippen LogP contribution in [-0.2, 0) is 4.79 Å². The van der Waals surface area contributed by atoms with Crippen LogP contribution in [0.5, 0.6) is 0 Å². The first-order valence-electron chi connectivity index (χ1n) is 5.61. The number of nitrogens with one attached hydrogen (secondary N) is 1. The van der Waals surface area contributed by atoms with Gasteiger partial charge in [-0.1, -0.05) is 25.4 Å². The average Bonchev–Trinajstić information content (AvgIpc) is 2.58. The molecule has 0 fully saturated rings. The van der Waals surface area contributed by atoms with Crippen molar-refractivity contribution in [1.82, 2.24) is 5.32 Å². The van der Waals surface area contributed by atoms with Gasteiger partial charge in [0.25, 0.3) is 5.91 Å². The fourth-order valence-corrected chi connectivity index (χ4v) is 1.81. The lowest BCUT2D eigenvalue weighted by Crippen LogP contribution is -2.41. The molecule has 1 amide bonds. The summed E-state index contributed by atoms with van der Waals surface area (Å²) in [6, 6.07) is 7.29. The first-order chi connectivity index (χ1) is 7.93. The summed E-state index contributed by atoms with van der Waals surface area (Å²) in [5.41, 5.74) is 0.210. The molecule has 0 saturated heterocycles. The highest BCUT2D eigenvalue weighted by molar-refractivity contribution is 6.30. The maximum absolute atomic E-state index is 11.9. The van der Waals surface area contributed by atoms with E-state index in [-0.39, 0.29) is 11.8 Å². The summed E-state index contributed by atoms with van der Waals surface area (Å²) in [6.07, 6.45) is 0. The third kappa shape index (κ3) is 2.07. The molecule has 0 radical (unpaired) electrons. The topological polar surface area (TPSA) is 41.5 Å². The van der Waals surface area contributed by atoms with Crippen LogP contribution in [0.2, 0.25) is 5.02 Å². The summed E-state index contributed by atoms with van der Waals surface area (Å²) in [5.74, 6) is 0.743. The van der Waals surface area contributed by atoms with E-state index in [0.29, 0.717) is 10.9 Å². The minimum atomic E-state index is -0.672. The van der Waals surface area contributed by atoms with Gasteiger partial charge < -0.3 is 5.32 Å². The van der Waals surface area contributed by atoms with Crippen LogP contribution in [0.1, 0.15) is 26.3 Å². The van der Waals surface area contributed by atoms with Gasteiger partial charge in [0.05, 0.1) is 0 Å². The Morgan fingerprint density at radius 2 is 1.88 bits per heavy atom. The Hall–Kier alpha value is -1.35. The number of nitrogens with zero attached hydrogens (tertiary/aromatic N) is 1. The zero-order chi connectivity index (χ0) is 12.6. The van der Waals surface area contributed by atoms with Crippen LogP contribution in [0.15, 0.2) is 29.3 Å². The maximum Gasteiger partial charge on any atom is 0.253 e. The molecule has 1 aliphatic heterocycles. The molecule has 2 rings (SSSR count). The molecule has 1 unspecified atom stereocenters. The summed E-state index contributed by atoms with van der Waals surface area (Å²) in [4.78, 5) is 16.4. The average molecular weight is 251 g/mol. The molecular weight excluding hydrogens is 236 g/mol. The fourth-order valence-electron chi connectivity index (χ4n) is 1.68. The minimum Gasteiger partial charge on any atom is -0.308 e. The van der Waals surface area contributed by atoms with Crippen LogP contribution >= 0.6 is 11.6 Å². The largest absolute Gasteiger partial charge is 0.308 e. The van der Waals surface area contributed by atoms with Crippen molar-refractivity contribution < 1.29 is 4.79 Å². The smallest absolute Gasteiger partial charge is 0.253 e. The molecular formula is C13H15ClN2O. The van der Waals surface area contributed by atoms with Crippen molar-refractivity contribution in [3.05, 3.63) is 34.9 Å². The van der Waals surface area contributed by atoms with Gasteiger partial charge >= 0.3 is 0 Å². The number of halogens is 1. The number of benzene rings is 1. The third-order valence-electron chi connectivity index (χ3n) is 3.28. The van der Waals surface area contributed by atoms with E-state index in [1.807, 2.05) is 32.9 Å². The summed E-state index contributed by atoms with van der Waals surface area (Å²) in [5, 5.41) is 3.50. The van der Waals surface area contributed by atoms with Crippen molar-refractivity contribution >= 4 is 23.3 Å². The van der Waals surface area contributed by atoms with Crippen molar-refractivity contribution in [3.63, 3.8) is 0 Å². The zero-order valence-corrected chi connectivity index (χ0v) is 10.9. The van der Waals surface area contributed by atoms with Gasteiger partial charge in [-0.3, -0.25) is 9.79 Å². The third-order valence-corrected chi connectivity index (χ3v) is 3.53. The Bertz CT molecular complexity index is 479. The number of carbonyl (C=O) groups excluding carboxylic acids is 1. The lowest BCUT2D eigenvalue weighted by atomic mass is 9.89. The number of hydrogen-bond acceptors (Lipinski definition) is 2. The van der Waals surface area contributed by atoms with E-state index in [2.05, 4.69) is 10.3 Å². The van der Waals surface area contributed by atoms with Crippen molar-refractivity contribution in [3.8, 4) is 0 Å². The molecule has 0 aromatic heterocycles. The highest BCUT2D eigenvalue weighted by Crippen LogP contribution is 2.27. The second-order valence-electron chi connectivity index (χ2n) is 4.72. The van der Waals surface area contributed by atoms with Gasteiger partial charge in [-0.2, -0.15) is 0 Å². The molecule has 1 aliphatic rings. The standard InChI is InChI=1S/C13H15ClN2O/c1-8(2)13(3)12(17)15-11(16-13)9-4-6-10(14)7-5-9/h4-8H,1-3H3,(H,15,16,17). The lowest BCUT2D eigenvalue weighted by molar-refractivity contribution is -0.124. The van der Waals surface area contributed by atoms with Crippen molar-refractivity contribution in [2.45, 2.75) is 26.3 Å². The number of amides is 1. The van der Waals surface area contributed by atoms with Gasteiger partial charge in [0.2, 0.25) is 0 Å². The quantitative estimate of drug-likeness (QED) is 0.861. The molecule has 17 heavy (non-hydrogen) atoms. The molecule has 0 bridgehead atoms. The Morgan fingerprint density at radius 1 is 1.29 bits per heavy atom. The monoisotopic (exact) mass is 250 g/mol. The predicted octanol–water partition coefficient (Wildman–Crippen LogP) is 2.63. The summed E-state index contributed by atoms with van der Waals surface area (Å²) in [7, 11) is 0. The van der Waals surface area contributed by atoms with E-state index < -0.39 is 5.54 Å². The Kier molecular flexibility index (Phi) is 2.96. The molecule has 0 spiro atoms. The fraction of sp³-hybridized carbons (Fsp3) is 0.385. The van der Waals surface area contributed by atoms with E-state index in [9.17, 15) is 4.79 Å². The van der Waals surface area contributed by atoms with Gasteiger partial charge in [0, 0.05) is 10.6 Å². The second kappa shape index (κ2) is 4.15. The van der Waals surface area contributed by atoms with Crippen LogP contribution in [0.3, 0.4) is 0 Å². The van der Waals surface area contributed by atoms with Crippen LogP contribution in [0.25, 0.3) is 0 Å². The molecule has 3 nitrogen and oxygen atoms in total. The van der Waals surface area contributed by atoms with Gasteiger partial charge in [-0.05, 0) is 37.1 Å². The highest BCUT2D eigenvalue weighted by atomic mass is 35.5. The summed E-state index contributed by atoms with van der Waals surface area (Å²) >= 11 is 5.83. The van der Waals surface area contributed by atoms with Gasteiger partial charge in [-0.15, -0.1) is 0 Å². The lowest BCUT2D eigenvalue weighted by Gasteiger charge is -2.21. The summed E-state index contributed by atoms with van der Waals surface area (Å²) < 4.78 is 0. The molecule has 1 N–H and O–H groups in total. The molecule has 1 atom stereocenters. The van der Waals surface area contributed by atoms with E-state index in [4.69, 9.17) is 11.6 Å². The number of amidine groups is 1. The van der Waals surface area contributed by atoms with Crippen LogP contribution < -0.4 is 5.32 Å². The van der Waals surface area contributed by atoms with Crippen LogP contribution in [0, 0.1) is 5.92 Å². The van der Waals surface area contributed by atoms with Gasteiger partial charge in [0.15, 0.2) is 0 Å².